The predicted octanol–water partition coefficient (Wildman–Crippen LogP) is 2.29. The average Bonchev–Trinajstić information content (AvgIpc) is 2.47. The number of urea groups is 1. The van der Waals surface area contributed by atoms with E-state index in [2.05, 4.69) is 10.6 Å². The summed E-state index contributed by atoms with van der Waals surface area (Å²) in [5.74, 6) is -1.66. The highest BCUT2D eigenvalue weighted by Crippen LogP contribution is 2.33. The Morgan fingerprint density at radius 2 is 1.96 bits per heavy atom. The van der Waals surface area contributed by atoms with Gasteiger partial charge in [-0.25, -0.2) is 4.79 Å². The maximum absolute atomic E-state index is 12.7. The molecule has 0 aliphatic carbocycles. The lowest BCUT2D eigenvalue weighted by Crippen LogP contribution is -2.33. The second kappa shape index (κ2) is 8.56. The number of anilines is 1. The molecular weight excluding hydrogens is 367 g/mol. The molecule has 4 N–H and O–H groups in total. The van der Waals surface area contributed by atoms with Crippen LogP contribution in [0.3, 0.4) is 0 Å². The minimum Gasteiger partial charge on any atom is -0.452 e. The van der Waals surface area contributed by atoms with E-state index in [-0.39, 0.29) is 23.7 Å². The van der Waals surface area contributed by atoms with E-state index >= 15 is 0 Å². The van der Waals surface area contributed by atoms with E-state index in [1.54, 1.807) is 0 Å². The first-order valence-corrected chi connectivity index (χ1v) is 7.29. The van der Waals surface area contributed by atoms with Crippen LogP contribution in [-0.4, -0.2) is 30.6 Å². The van der Waals surface area contributed by atoms with Gasteiger partial charge >= 0.3 is 18.2 Å². The van der Waals surface area contributed by atoms with Gasteiger partial charge < -0.3 is 21.1 Å². The number of halogens is 4. The number of esters is 1. The molecule has 0 heterocycles. The van der Waals surface area contributed by atoms with Gasteiger partial charge in [-0.1, -0.05) is 11.6 Å². The molecule has 3 amide bonds. The minimum atomic E-state index is -4.60. The standard InChI is InChI=1S/C14H15ClF3N3O4/c1-7(25-11(22)4-5-20-13(19)24)12(23)21-10-6-8(14(16,17)18)2-3-9(10)15/h2-3,6-7H,4-5H2,1H3,(H,21,23)(H3,19,20,24)/t7-/m0/s1. The normalized spacial score (nSPS) is 12.2. The zero-order valence-corrected chi connectivity index (χ0v) is 13.7. The highest BCUT2D eigenvalue weighted by Gasteiger charge is 2.31. The molecule has 1 aromatic carbocycles. The Kier molecular flexibility index (Phi) is 7.04. The summed E-state index contributed by atoms with van der Waals surface area (Å²) in [6, 6.07) is 1.61. The van der Waals surface area contributed by atoms with Crippen molar-refractivity contribution in [3.05, 3.63) is 28.8 Å². The summed E-state index contributed by atoms with van der Waals surface area (Å²) < 4.78 is 42.8. The van der Waals surface area contributed by atoms with E-state index in [0.717, 1.165) is 12.1 Å². The molecule has 1 rings (SSSR count). The van der Waals surface area contributed by atoms with Crippen molar-refractivity contribution < 1.29 is 32.3 Å². The molecule has 0 saturated heterocycles. The molecule has 0 radical (unpaired) electrons. The molecule has 138 valence electrons. The van der Waals surface area contributed by atoms with Crippen LogP contribution < -0.4 is 16.4 Å². The fourth-order valence-corrected chi connectivity index (χ4v) is 1.79. The number of rotatable bonds is 6. The zero-order valence-electron chi connectivity index (χ0n) is 12.9. The van der Waals surface area contributed by atoms with Crippen LogP contribution >= 0.6 is 11.6 Å². The minimum absolute atomic E-state index is 0.0814. The van der Waals surface area contributed by atoms with Gasteiger partial charge in [0.05, 0.1) is 22.7 Å². The maximum Gasteiger partial charge on any atom is 0.416 e. The number of carbonyl (C=O) groups is 3. The van der Waals surface area contributed by atoms with E-state index in [9.17, 15) is 27.6 Å². The number of nitrogens with two attached hydrogens (primary N) is 1. The van der Waals surface area contributed by atoms with Crippen molar-refractivity contribution in [2.24, 2.45) is 5.73 Å². The van der Waals surface area contributed by atoms with Gasteiger partial charge in [-0.3, -0.25) is 9.59 Å². The van der Waals surface area contributed by atoms with Gasteiger partial charge in [-0.15, -0.1) is 0 Å². The predicted molar refractivity (Wildman–Crippen MR) is 82.8 cm³/mol. The van der Waals surface area contributed by atoms with Gasteiger partial charge in [-0.05, 0) is 25.1 Å². The molecule has 11 heteroatoms. The van der Waals surface area contributed by atoms with Crippen LogP contribution in [0.4, 0.5) is 23.7 Å². The van der Waals surface area contributed by atoms with Crippen molar-refractivity contribution in [3.63, 3.8) is 0 Å². The first-order valence-electron chi connectivity index (χ1n) is 6.91. The third-order valence-electron chi connectivity index (χ3n) is 2.86. The number of primary amides is 1. The third kappa shape index (κ3) is 6.87. The Balaban J connectivity index is 2.66. The molecule has 0 aliphatic heterocycles. The van der Waals surface area contributed by atoms with Gasteiger partial charge in [-0.2, -0.15) is 13.2 Å². The molecule has 0 aliphatic rings. The van der Waals surface area contributed by atoms with E-state index in [4.69, 9.17) is 22.1 Å². The van der Waals surface area contributed by atoms with E-state index in [1.807, 2.05) is 0 Å². The van der Waals surface area contributed by atoms with Crippen LogP contribution in [0.1, 0.15) is 18.9 Å². The Morgan fingerprint density at radius 1 is 1.32 bits per heavy atom. The van der Waals surface area contributed by atoms with Gasteiger partial charge in [0.15, 0.2) is 6.10 Å². The van der Waals surface area contributed by atoms with Crippen molar-refractivity contribution in [1.29, 1.82) is 0 Å². The summed E-state index contributed by atoms with van der Waals surface area (Å²) in [5, 5.41) is 4.22. The number of hydrogen-bond donors (Lipinski definition) is 3. The van der Waals surface area contributed by atoms with Gasteiger partial charge in [0.25, 0.3) is 5.91 Å². The lowest BCUT2D eigenvalue weighted by molar-refractivity contribution is -0.153. The summed E-state index contributed by atoms with van der Waals surface area (Å²) in [7, 11) is 0. The molecule has 1 atom stereocenters. The monoisotopic (exact) mass is 381 g/mol. The molecule has 1 aromatic rings. The van der Waals surface area contributed by atoms with Crippen molar-refractivity contribution in [2.75, 3.05) is 11.9 Å². The summed E-state index contributed by atoms with van der Waals surface area (Å²) in [6.45, 7) is 1.15. The maximum atomic E-state index is 12.7. The molecule has 7 nitrogen and oxygen atoms in total. The SMILES string of the molecule is C[C@H](OC(=O)CCNC(N)=O)C(=O)Nc1cc(C(F)(F)F)ccc1Cl. The van der Waals surface area contributed by atoms with Gasteiger partial charge in [0, 0.05) is 6.54 Å². The highest BCUT2D eigenvalue weighted by molar-refractivity contribution is 6.33. The fourth-order valence-electron chi connectivity index (χ4n) is 1.63. The molecule has 0 aromatic heterocycles. The van der Waals surface area contributed by atoms with Crippen LogP contribution in [0.25, 0.3) is 0 Å². The Bertz CT molecular complexity index is 667. The van der Waals surface area contributed by atoms with Gasteiger partial charge in [0.1, 0.15) is 0 Å². The Hall–Kier alpha value is -2.49. The van der Waals surface area contributed by atoms with Crippen LogP contribution in [0.15, 0.2) is 18.2 Å². The molecular formula is C14H15ClF3N3O4. The number of hydrogen-bond acceptors (Lipinski definition) is 4. The van der Waals surface area contributed by atoms with E-state index in [1.165, 1.54) is 6.92 Å². The summed E-state index contributed by atoms with van der Waals surface area (Å²) in [4.78, 5) is 33.8. The molecule has 0 unspecified atom stereocenters. The van der Waals surface area contributed by atoms with Crippen LogP contribution in [0.2, 0.25) is 5.02 Å². The van der Waals surface area contributed by atoms with E-state index < -0.39 is 35.8 Å². The molecule has 0 spiro atoms. The molecule has 0 fully saturated rings. The van der Waals surface area contributed by atoms with Crippen molar-refractivity contribution in [2.45, 2.75) is 25.6 Å². The number of alkyl halides is 3. The molecule has 0 bridgehead atoms. The van der Waals surface area contributed by atoms with Crippen molar-refractivity contribution in [1.82, 2.24) is 5.32 Å². The quantitative estimate of drug-likeness (QED) is 0.656. The van der Waals surface area contributed by atoms with Crippen LogP contribution in [-0.2, 0) is 20.5 Å². The van der Waals surface area contributed by atoms with E-state index in [0.29, 0.717) is 6.07 Å². The first-order chi connectivity index (χ1) is 11.5. The average molecular weight is 382 g/mol. The smallest absolute Gasteiger partial charge is 0.416 e. The van der Waals surface area contributed by atoms with Crippen LogP contribution in [0, 0.1) is 0 Å². The summed E-state index contributed by atoms with van der Waals surface area (Å²) >= 11 is 5.76. The molecule has 0 saturated carbocycles. The Morgan fingerprint density at radius 3 is 2.52 bits per heavy atom. The Labute approximate surface area is 145 Å². The fraction of sp³-hybridized carbons (Fsp3) is 0.357. The summed E-state index contributed by atoms with van der Waals surface area (Å²) in [6.07, 6.45) is -6.12. The number of ether oxygens (including phenoxy) is 1. The largest absolute Gasteiger partial charge is 0.452 e. The zero-order chi connectivity index (χ0) is 19.2. The van der Waals surface area contributed by atoms with Crippen LogP contribution in [0.5, 0.6) is 0 Å². The highest BCUT2D eigenvalue weighted by atomic mass is 35.5. The number of nitrogens with one attached hydrogen (secondary N) is 2. The second-order valence-electron chi connectivity index (χ2n) is 4.85. The lowest BCUT2D eigenvalue weighted by Gasteiger charge is -2.15. The third-order valence-corrected chi connectivity index (χ3v) is 3.19. The van der Waals surface area contributed by atoms with Crippen molar-refractivity contribution in [3.8, 4) is 0 Å². The topological polar surface area (TPSA) is 111 Å². The van der Waals surface area contributed by atoms with Crippen molar-refractivity contribution >= 4 is 35.2 Å². The number of carbonyl (C=O) groups excluding carboxylic acids is 3. The first kappa shape index (κ1) is 20.6. The van der Waals surface area contributed by atoms with Gasteiger partial charge in [0.2, 0.25) is 0 Å². The molecule has 25 heavy (non-hydrogen) atoms. The second-order valence-corrected chi connectivity index (χ2v) is 5.26. The lowest BCUT2D eigenvalue weighted by atomic mass is 10.2. The number of benzene rings is 1. The summed E-state index contributed by atoms with van der Waals surface area (Å²) in [5.41, 5.74) is 3.56. The number of amides is 3.